The first-order chi connectivity index (χ1) is 8.61. The number of pyridine rings is 1. The van der Waals surface area contributed by atoms with Crippen LogP contribution in [0, 0.1) is 12.7 Å². The van der Waals surface area contributed by atoms with E-state index in [1.165, 1.54) is 12.1 Å². The zero-order valence-corrected chi connectivity index (χ0v) is 10.5. The maximum atomic E-state index is 13.2. The Bertz CT molecular complexity index is 590. The number of hydrogen-bond acceptors (Lipinski definition) is 2. The first-order valence-corrected chi connectivity index (χ1v) is 5.97. The van der Waals surface area contributed by atoms with Crippen molar-refractivity contribution in [1.29, 1.82) is 0 Å². The zero-order valence-electron chi connectivity index (χ0n) is 10.5. The van der Waals surface area contributed by atoms with Crippen LogP contribution in [0.3, 0.4) is 0 Å². The molecule has 3 nitrogen and oxygen atoms in total. The second-order valence-corrected chi connectivity index (χ2v) is 4.23. The number of nitrogens with zero attached hydrogens (tertiary/aromatic N) is 1. The van der Waals surface area contributed by atoms with E-state index in [-0.39, 0.29) is 11.7 Å². The Labute approximate surface area is 105 Å². The number of nitrogens with one attached hydrogen (secondary N) is 1. The summed E-state index contributed by atoms with van der Waals surface area (Å²) in [6.07, 6.45) is 0.877. The van der Waals surface area contributed by atoms with E-state index in [0.717, 1.165) is 6.42 Å². The van der Waals surface area contributed by atoms with E-state index in [2.05, 4.69) is 10.3 Å². The van der Waals surface area contributed by atoms with E-state index in [0.29, 0.717) is 28.7 Å². The van der Waals surface area contributed by atoms with E-state index >= 15 is 0 Å². The van der Waals surface area contributed by atoms with Crippen LogP contribution in [0.15, 0.2) is 24.3 Å². The van der Waals surface area contributed by atoms with Gasteiger partial charge in [0.1, 0.15) is 5.82 Å². The average Bonchev–Trinajstić information content (AvgIpc) is 2.34. The predicted molar refractivity (Wildman–Crippen MR) is 69.1 cm³/mol. The van der Waals surface area contributed by atoms with Crippen LogP contribution in [0.25, 0.3) is 10.9 Å². The molecule has 0 unspecified atom stereocenters. The van der Waals surface area contributed by atoms with Gasteiger partial charge in [-0.15, -0.1) is 0 Å². The molecule has 1 heterocycles. The number of rotatable bonds is 3. The van der Waals surface area contributed by atoms with Gasteiger partial charge in [0.15, 0.2) is 0 Å². The highest BCUT2D eigenvalue weighted by molar-refractivity contribution is 6.06. The van der Waals surface area contributed by atoms with E-state index in [1.54, 1.807) is 19.1 Å². The lowest BCUT2D eigenvalue weighted by molar-refractivity contribution is 0.0955. The van der Waals surface area contributed by atoms with E-state index < -0.39 is 0 Å². The van der Waals surface area contributed by atoms with Crippen molar-refractivity contribution in [3.63, 3.8) is 0 Å². The van der Waals surface area contributed by atoms with Gasteiger partial charge in [0.2, 0.25) is 0 Å². The lowest BCUT2D eigenvalue weighted by atomic mass is 10.1. The van der Waals surface area contributed by atoms with Crippen molar-refractivity contribution in [2.45, 2.75) is 20.3 Å². The van der Waals surface area contributed by atoms with E-state index in [4.69, 9.17) is 0 Å². The summed E-state index contributed by atoms with van der Waals surface area (Å²) in [6.45, 7) is 4.41. The predicted octanol–water partition coefficient (Wildman–Crippen LogP) is 2.82. The summed E-state index contributed by atoms with van der Waals surface area (Å²) >= 11 is 0. The van der Waals surface area contributed by atoms with Crippen LogP contribution in [0.4, 0.5) is 4.39 Å². The number of hydrogen-bond donors (Lipinski definition) is 1. The quantitative estimate of drug-likeness (QED) is 0.904. The Morgan fingerprint density at radius 2 is 2.17 bits per heavy atom. The fourth-order valence-corrected chi connectivity index (χ4v) is 1.86. The van der Waals surface area contributed by atoms with Gasteiger partial charge in [-0.25, -0.2) is 4.39 Å². The van der Waals surface area contributed by atoms with Gasteiger partial charge in [0.05, 0.1) is 11.1 Å². The molecule has 18 heavy (non-hydrogen) atoms. The molecule has 2 aromatic rings. The fraction of sp³-hybridized carbons (Fsp3) is 0.286. The van der Waals surface area contributed by atoms with Crippen molar-refractivity contribution in [3.8, 4) is 0 Å². The SMILES string of the molecule is CCCNC(=O)c1cc(C)nc2cc(F)ccc12. The standard InChI is InChI=1S/C14H15FN2O/c1-3-6-16-14(18)12-7-9(2)17-13-8-10(15)4-5-11(12)13/h4-5,7-8H,3,6H2,1-2H3,(H,16,18). The maximum Gasteiger partial charge on any atom is 0.252 e. The molecule has 1 aromatic carbocycles. The third-order valence-corrected chi connectivity index (χ3v) is 2.68. The molecule has 0 saturated heterocycles. The van der Waals surface area contributed by atoms with Crippen molar-refractivity contribution in [2.24, 2.45) is 0 Å². The number of aryl methyl sites for hydroxylation is 1. The molecule has 94 valence electrons. The molecule has 0 aliphatic heterocycles. The number of carbonyl (C=O) groups is 1. The van der Waals surface area contributed by atoms with E-state index in [1.807, 2.05) is 6.92 Å². The van der Waals surface area contributed by atoms with Crippen molar-refractivity contribution in [3.05, 3.63) is 41.3 Å². The summed E-state index contributed by atoms with van der Waals surface area (Å²) in [5.74, 6) is -0.487. The highest BCUT2D eigenvalue weighted by Gasteiger charge is 2.11. The fourth-order valence-electron chi connectivity index (χ4n) is 1.86. The van der Waals surface area contributed by atoms with Gasteiger partial charge < -0.3 is 5.32 Å². The molecule has 1 aromatic heterocycles. The number of benzene rings is 1. The summed E-state index contributed by atoms with van der Waals surface area (Å²) in [5.41, 5.74) is 1.76. The molecule has 4 heteroatoms. The molecule has 0 bridgehead atoms. The van der Waals surface area contributed by atoms with Crippen molar-refractivity contribution < 1.29 is 9.18 Å². The largest absolute Gasteiger partial charge is 0.352 e. The minimum atomic E-state index is -0.347. The van der Waals surface area contributed by atoms with Crippen LogP contribution in [0.5, 0.6) is 0 Å². The molecule has 0 aliphatic rings. The highest BCUT2D eigenvalue weighted by Crippen LogP contribution is 2.19. The van der Waals surface area contributed by atoms with Gasteiger partial charge >= 0.3 is 0 Å². The minimum absolute atomic E-state index is 0.140. The average molecular weight is 246 g/mol. The molecule has 1 N–H and O–H groups in total. The van der Waals surface area contributed by atoms with Gasteiger partial charge in [-0.1, -0.05) is 6.92 Å². The zero-order chi connectivity index (χ0) is 13.1. The third-order valence-electron chi connectivity index (χ3n) is 2.68. The van der Waals surface area contributed by atoms with Crippen molar-refractivity contribution in [1.82, 2.24) is 10.3 Å². The third kappa shape index (κ3) is 2.47. The normalized spacial score (nSPS) is 10.6. The first-order valence-electron chi connectivity index (χ1n) is 5.97. The monoisotopic (exact) mass is 246 g/mol. The number of carbonyl (C=O) groups excluding carboxylic acids is 1. The van der Waals surface area contributed by atoms with Crippen LogP contribution in [-0.2, 0) is 0 Å². The minimum Gasteiger partial charge on any atom is -0.352 e. The van der Waals surface area contributed by atoms with Crippen LogP contribution < -0.4 is 5.32 Å². The Balaban J connectivity index is 2.52. The summed E-state index contributed by atoms with van der Waals surface area (Å²) in [5, 5.41) is 3.50. The molecular weight excluding hydrogens is 231 g/mol. The van der Waals surface area contributed by atoms with Gasteiger partial charge in [-0.05, 0) is 31.5 Å². The van der Waals surface area contributed by atoms with Gasteiger partial charge in [-0.3, -0.25) is 9.78 Å². The van der Waals surface area contributed by atoms with Gasteiger partial charge in [0, 0.05) is 23.7 Å². The Hall–Kier alpha value is -1.97. The van der Waals surface area contributed by atoms with Gasteiger partial charge in [0.25, 0.3) is 5.91 Å². The Kier molecular flexibility index (Phi) is 3.55. The Morgan fingerprint density at radius 1 is 1.39 bits per heavy atom. The summed E-state index contributed by atoms with van der Waals surface area (Å²) in [7, 11) is 0. The summed E-state index contributed by atoms with van der Waals surface area (Å²) in [6, 6.07) is 6.01. The summed E-state index contributed by atoms with van der Waals surface area (Å²) < 4.78 is 13.2. The second-order valence-electron chi connectivity index (χ2n) is 4.23. The second kappa shape index (κ2) is 5.12. The van der Waals surface area contributed by atoms with Crippen LogP contribution in [0.2, 0.25) is 0 Å². The Morgan fingerprint density at radius 3 is 2.89 bits per heavy atom. The molecule has 0 aliphatic carbocycles. The molecule has 0 saturated carbocycles. The number of halogens is 1. The number of amides is 1. The van der Waals surface area contributed by atoms with Crippen molar-refractivity contribution in [2.75, 3.05) is 6.54 Å². The van der Waals surface area contributed by atoms with Gasteiger partial charge in [-0.2, -0.15) is 0 Å². The molecular formula is C14H15FN2O. The lowest BCUT2D eigenvalue weighted by Gasteiger charge is -2.08. The maximum absolute atomic E-state index is 13.2. The smallest absolute Gasteiger partial charge is 0.252 e. The number of fused-ring (bicyclic) bond motifs is 1. The molecule has 0 atom stereocenters. The molecule has 1 amide bonds. The molecule has 0 radical (unpaired) electrons. The molecule has 2 rings (SSSR count). The van der Waals surface area contributed by atoms with Crippen LogP contribution >= 0.6 is 0 Å². The number of aromatic nitrogens is 1. The van der Waals surface area contributed by atoms with E-state index in [9.17, 15) is 9.18 Å². The summed E-state index contributed by atoms with van der Waals surface area (Å²) in [4.78, 5) is 16.3. The van der Waals surface area contributed by atoms with Crippen molar-refractivity contribution >= 4 is 16.8 Å². The molecule has 0 fully saturated rings. The van der Waals surface area contributed by atoms with Crippen LogP contribution in [0.1, 0.15) is 29.4 Å². The highest BCUT2D eigenvalue weighted by atomic mass is 19.1. The lowest BCUT2D eigenvalue weighted by Crippen LogP contribution is -2.24. The first kappa shape index (κ1) is 12.5. The molecule has 0 spiro atoms. The van der Waals surface area contributed by atoms with Crippen LogP contribution in [-0.4, -0.2) is 17.4 Å². The topological polar surface area (TPSA) is 42.0 Å².